The van der Waals surface area contributed by atoms with E-state index >= 15 is 0 Å². The van der Waals surface area contributed by atoms with E-state index in [1.807, 2.05) is 34.0 Å². The number of benzene rings is 8. The second-order valence-electron chi connectivity index (χ2n) is 12.3. The van der Waals surface area contributed by atoms with Crippen LogP contribution in [-0.4, -0.2) is 0 Å². The summed E-state index contributed by atoms with van der Waals surface area (Å²) in [6.45, 7) is 0. The summed E-state index contributed by atoms with van der Waals surface area (Å²) >= 11 is 5.76. The second-order valence-corrected chi connectivity index (χ2v) is 15.5. The van der Waals surface area contributed by atoms with Crippen molar-refractivity contribution >= 4 is 116 Å². The quantitative estimate of drug-likeness (QED) is 0.175. The first kappa shape index (κ1) is 26.1. The minimum atomic E-state index is 1.31. The fourth-order valence-corrected chi connectivity index (χ4v) is 11.5. The van der Waals surface area contributed by atoms with E-state index in [1.165, 1.54) is 104 Å². The van der Waals surface area contributed by atoms with E-state index in [0.717, 1.165) is 0 Å². The Labute approximate surface area is 282 Å². The van der Waals surface area contributed by atoms with Gasteiger partial charge in [-0.3, -0.25) is 0 Å². The molecule has 218 valence electrons. The number of fused-ring (bicyclic) bond motifs is 13. The lowest BCUT2D eigenvalue weighted by molar-refractivity contribution is 1.76. The van der Waals surface area contributed by atoms with Crippen LogP contribution in [0.15, 0.2) is 146 Å². The van der Waals surface area contributed by atoms with Crippen LogP contribution in [0, 0.1) is 0 Å². The maximum absolute atomic E-state index is 2.47. The Bertz CT molecular complexity index is 2870. The molecule has 0 radical (unpaired) electrons. The Balaban J connectivity index is 1.25. The third kappa shape index (κ3) is 3.62. The van der Waals surface area contributed by atoms with Gasteiger partial charge in [0.05, 0.1) is 0 Å². The fraction of sp³-hybridized carbons (Fsp3) is 0. The highest BCUT2D eigenvalue weighted by Crippen LogP contribution is 2.50. The first-order valence-electron chi connectivity index (χ1n) is 15.9. The van der Waals surface area contributed by atoms with Gasteiger partial charge in [0, 0.05) is 71.6 Å². The molecular formula is C44H24S3. The molecule has 0 N–H and O–H groups in total. The fourth-order valence-electron chi connectivity index (χ4n) is 7.86. The third-order valence-corrected chi connectivity index (χ3v) is 13.4. The zero-order chi connectivity index (χ0) is 30.6. The van der Waals surface area contributed by atoms with Gasteiger partial charge in [-0.2, -0.15) is 0 Å². The highest BCUT2D eigenvalue weighted by molar-refractivity contribution is 7.27. The average molecular weight is 649 g/mol. The molecule has 11 rings (SSSR count). The van der Waals surface area contributed by atoms with Gasteiger partial charge < -0.3 is 0 Å². The van der Waals surface area contributed by atoms with Crippen molar-refractivity contribution in [2.24, 2.45) is 0 Å². The Morgan fingerprint density at radius 1 is 0.255 bits per heavy atom. The van der Waals surface area contributed by atoms with Gasteiger partial charge in [0.2, 0.25) is 0 Å². The molecular weight excluding hydrogens is 625 g/mol. The Morgan fingerprint density at radius 2 is 0.638 bits per heavy atom. The van der Waals surface area contributed by atoms with Crippen LogP contribution in [0.25, 0.3) is 104 Å². The molecule has 0 bridgehead atoms. The molecule has 8 aromatic carbocycles. The van der Waals surface area contributed by atoms with Crippen molar-refractivity contribution in [3.05, 3.63) is 146 Å². The lowest BCUT2D eigenvalue weighted by Gasteiger charge is -2.12. The van der Waals surface area contributed by atoms with E-state index in [2.05, 4.69) is 146 Å². The van der Waals surface area contributed by atoms with Crippen molar-refractivity contribution in [3.63, 3.8) is 0 Å². The third-order valence-electron chi connectivity index (χ3n) is 9.88. The summed E-state index contributed by atoms with van der Waals surface area (Å²) in [6.07, 6.45) is 0. The average Bonchev–Trinajstić information content (AvgIpc) is 3.82. The summed E-state index contributed by atoms with van der Waals surface area (Å²) in [5, 5.41) is 13.4. The SMILES string of the molecule is c1ccc2c(c1)sc1c(-c3cc4sc5cc(-c6cccc7c6sc6ccccc67)c6ccccc6c5c4c4ccccc34)cccc12. The summed E-state index contributed by atoms with van der Waals surface area (Å²) in [6, 6.07) is 54.3. The zero-order valence-corrected chi connectivity index (χ0v) is 27.5. The first-order valence-corrected chi connectivity index (χ1v) is 18.4. The number of hydrogen-bond donors (Lipinski definition) is 0. The predicted molar refractivity (Wildman–Crippen MR) is 211 cm³/mol. The van der Waals surface area contributed by atoms with Crippen molar-refractivity contribution in [3.8, 4) is 22.3 Å². The molecule has 0 saturated carbocycles. The van der Waals surface area contributed by atoms with E-state index in [1.54, 1.807) is 0 Å². The summed E-state index contributed by atoms with van der Waals surface area (Å²) in [4.78, 5) is 0. The molecule has 0 unspecified atom stereocenters. The van der Waals surface area contributed by atoms with E-state index < -0.39 is 0 Å². The molecule has 3 aromatic heterocycles. The summed E-state index contributed by atoms with van der Waals surface area (Å²) in [5.41, 5.74) is 5.27. The van der Waals surface area contributed by atoms with E-state index in [4.69, 9.17) is 0 Å². The molecule has 0 amide bonds. The van der Waals surface area contributed by atoms with Gasteiger partial charge in [0.1, 0.15) is 0 Å². The van der Waals surface area contributed by atoms with Crippen molar-refractivity contribution < 1.29 is 0 Å². The van der Waals surface area contributed by atoms with Gasteiger partial charge >= 0.3 is 0 Å². The van der Waals surface area contributed by atoms with E-state index in [0.29, 0.717) is 0 Å². The maximum Gasteiger partial charge on any atom is 0.0434 e. The number of rotatable bonds is 2. The Kier molecular flexibility index (Phi) is 5.39. The molecule has 3 heterocycles. The van der Waals surface area contributed by atoms with Gasteiger partial charge in [-0.15, -0.1) is 34.0 Å². The summed E-state index contributed by atoms with van der Waals surface area (Å²) in [7, 11) is 0. The van der Waals surface area contributed by atoms with Crippen LogP contribution in [0.5, 0.6) is 0 Å². The standard InChI is InChI=1S/C44H24S3/c1-3-15-29-25(11-1)35(33-19-9-17-31-27-13-5-7-21-37(27)46-43(31)33)23-39-41(29)42-30-16-4-2-12-26(30)36(24-40(42)45-39)34-20-10-18-32-28-14-6-8-22-38(28)47-44(32)34/h1-24H. The maximum atomic E-state index is 2.47. The molecule has 0 aliphatic rings. The van der Waals surface area contributed by atoms with E-state index in [9.17, 15) is 0 Å². The van der Waals surface area contributed by atoms with Crippen LogP contribution in [0.3, 0.4) is 0 Å². The lowest BCUT2D eigenvalue weighted by atomic mass is 9.91. The minimum absolute atomic E-state index is 1.31. The highest BCUT2D eigenvalue weighted by atomic mass is 32.1. The molecule has 47 heavy (non-hydrogen) atoms. The van der Waals surface area contributed by atoms with Gasteiger partial charge in [-0.25, -0.2) is 0 Å². The minimum Gasteiger partial charge on any atom is -0.135 e. The van der Waals surface area contributed by atoms with Gasteiger partial charge in [0.15, 0.2) is 0 Å². The number of thiophene rings is 3. The van der Waals surface area contributed by atoms with Crippen molar-refractivity contribution in [2.45, 2.75) is 0 Å². The first-order chi connectivity index (χ1) is 23.3. The molecule has 0 aliphatic carbocycles. The molecule has 3 heteroatoms. The van der Waals surface area contributed by atoms with Gasteiger partial charge in [-0.1, -0.05) is 121 Å². The number of hydrogen-bond acceptors (Lipinski definition) is 3. The van der Waals surface area contributed by atoms with Gasteiger partial charge in [-0.05, 0) is 56.9 Å². The summed E-state index contributed by atoms with van der Waals surface area (Å²) in [5.74, 6) is 0. The molecule has 0 saturated heterocycles. The monoisotopic (exact) mass is 648 g/mol. The lowest BCUT2D eigenvalue weighted by Crippen LogP contribution is -1.85. The van der Waals surface area contributed by atoms with Crippen LogP contribution in [0.1, 0.15) is 0 Å². The van der Waals surface area contributed by atoms with Crippen LogP contribution in [0.4, 0.5) is 0 Å². The Hall–Kier alpha value is -5.06. The zero-order valence-electron chi connectivity index (χ0n) is 25.1. The molecule has 11 aromatic rings. The summed E-state index contributed by atoms with van der Waals surface area (Å²) < 4.78 is 8.10. The normalized spacial score (nSPS) is 12.3. The second kappa shape index (κ2) is 9.73. The van der Waals surface area contributed by atoms with Crippen LogP contribution in [-0.2, 0) is 0 Å². The molecule has 0 fully saturated rings. The van der Waals surface area contributed by atoms with Crippen molar-refractivity contribution in [1.29, 1.82) is 0 Å². The van der Waals surface area contributed by atoms with Crippen LogP contribution < -0.4 is 0 Å². The van der Waals surface area contributed by atoms with Gasteiger partial charge in [0.25, 0.3) is 0 Å². The smallest absolute Gasteiger partial charge is 0.0434 e. The molecule has 0 nitrogen and oxygen atoms in total. The van der Waals surface area contributed by atoms with Crippen LogP contribution >= 0.6 is 34.0 Å². The van der Waals surface area contributed by atoms with Crippen molar-refractivity contribution in [2.75, 3.05) is 0 Å². The van der Waals surface area contributed by atoms with Crippen molar-refractivity contribution in [1.82, 2.24) is 0 Å². The topological polar surface area (TPSA) is 0 Å². The molecule has 0 aliphatic heterocycles. The predicted octanol–water partition coefficient (Wildman–Crippen LogP) is 14.4. The van der Waals surface area contributed by atoms with E-state index in [-0.39, 0.29) is 0 Å². The highest BCUT2D eigenvalue weighted by Gasteiger charge is 2.20. The molecule has 0 atom stereocenters. The van der Waals surface area contributed by atoms with Crippen LogP contribution in [0.2, 0.25) is 0 Å². The largest absolute Gasteiger partial charge is 0.135 e. The Morgan fingerprint density at radius 3 is 1.11 bits per heavy atom. The molecule has 0 spiro atoms.